The fourth-order valence-corrected chi connectivity index (χ4v) is 3.94. The number of hydrogen-bond donors (Lipinski definition) is 2. The van der Waals surface area contributed by atoms with E-state index >= 15 is 0 Å². The van der Waals surface area contributed by atoms with Gasteiger partial charge in [-0.1, -0.05) is 6.92 Å². The number of hydrogen-bond acceptors (Lipinski definition) is 5. The van der Waals surface area contributed by atoms with E-state index in [2.05, 4.69) is 45.6 Å². The molecule has 2 N–H and O–H groups in total. The molecule has 1 aromatic rings. The molecule has 0 saturated carbocycles. The summed E-state index contributed by atoms with van der Waals surface area (Å²) in [4.78, 5) is 9.77. The molecule has 2 aliphatic rings. The van der Waals surface area contributed by atoms with Gasteiger partial charge in [-0.3, -0.25) is 14.6 Å². The number of aryl methyl sites for hydroxylation is 1. The largest absolute Gasteiger partial charge is 0.379 e. The molecule has 3 rings (SSSR count). The summed E-state index contributed by atoms with van der Waals surface area (Å²) in [6.07, 6.45) is 6.40. The van der Waals surface area contributed by atoms with Gasteiger partial charge in [-0.2, -0.15) is 5.10 Å². The molecule has 166 valence electrons. The number of nitrogens with one attached hydrogen (secondary N) is 2. The van der Waals surface area contributed by atoms with Gasteiger partial charge in [0, 0.05) is 65.1 Å². The van der Waals surface area contributed by atoms with Gasteiger partial charge in [-0.05, 0) is 25.7 Å². The van der Waals surface area contributed by atoms with Crippen LogP contribution in [-0.2, 0) is 11.8 Å². The zero-order chi connectivity index (χ0) is 19.8. The zero-order valence-electron chi connectivity index (χ0n) is 18.1. The first-order valence-corrected chi connectivity index (χ1v) is 10.7. The van der Waals surface area contributed by atoms with Crippen LogP contribution in [0.2, 0.25) is 0 Å². The molecule has 0 spiro atoms. The molecule has 2 saturated heterocycles. The quantitative estimate of drug-likeness (QED) is 0.324. The SMILES string of the molecule is CCNC(=NCC(C)CN1CCOCC1)NC1CCCN(c2cnn(C)c2)C1.I. The molecule has 2 aliphatic heterocycles. The summed E-state index contributed by atoms with van der Waals surface area (Å²) in [6.45, 7) is 13.1. The van der Waals surface area contributed by atoms with Crippen molar-refractivity contribution in [3.8, 4) is 0 Å². The van der Waals surface area contributed by atoms with Crippen LogP contribution in [0.5, 0.6) is 0 Å². The van der Waals surface area contributed by atoms with Crippen LogP contribution in [0, 0.1) is 5.92 Å². The predicted molar refractivity (Wildman–Crippen MR) is 129 cm³/mol. The van der Waals surface area contributed by atoms with Crippen molar-refractivity contribution in [3.63, 3.8) is 0 Å². The normalized spacial score (nSPS) is 22.1. The van der Waals surface area contributed by atoms with E-state index < -0.39 is 0 Å². The van der Waals surface area contributed by atoms with Crippen molar-refractivity contribution in [1.82, 2.24) is 25.3 Å². The Kier molecular flexibility index (Phi) is 10.5. The van der Waals surface area contributed by atoms with E-state index in [-0.39, 0.29) is 24.0 Å². The van der Waals surface area contributed by atoms with E-state index in [0.29, 0.717) is 12.0 Å². The Balaban J connectivity index is 0.00000300. The highest BCUT2D eigenvalue weighted by molar-refractivity contribution is 14.0. The molecule has 9 heteroatoms. The van der Waals surface area contributed by atoms with Crippen molar-refractivity contribution >= 4 is 35.6 Å². The van der Waals surface area contributed by atoms with Gasteiger partial charge >= 0.3 is 0 Å². The molecular formula is C20H38IN7O. The van der Waals surface area contributed by atoms with Crippen LogP contribution < -0.4 is 15.5 Å². The lowest BCUT2D eigenvalue weighted by Gasteiger charge is -2.34. The van der Waals surface area contributed by atoms with Crippen LogP contribution in [0.3, 0.4) is 0 Å². The third-order valence-corrected chi connectivity index (χ3v) is 5.40. The average Bonchev–Trinajstić information content (AvgIpc) is 3.14. The summed E-state index contributed by atoms with van der Waals surface area (Å²) in [7, 11) is 1.97. The predicted octanol–water partition coefficient (Wildman–Crippen LogP) is 1.53. The van der Waals surface area contributed by atoms with Gasteiger partial charge in [0.25, 0.3) is 0 Å². The first kappa shape index (κ1) is 24.2. The Morgan fingerprint density at radius 2 is 2.14 bits per heavy atom. The Labute approximate surface area is 192 Å². The van der Waals surface area contributed by atoms with Gasteiger partial charge < -0.3 is 20.3 Å². The summed E-state index contributed by atoms with van der Waals surface area (Å²) in [5, 5.41) is 11.4. The van der Waals surface area contributed by atoms with Crippen LogP contribution in [0.4, 0.5) is 5.69 Å². The number of rotatable bonds is 7. The average molecular weight is 519 g/mol. The lowest BCUT2D eigenvalue weighted by molar-refractivity contribution is 0.0323. The van der Waals surface area contributed by atoms with Crippen LogP contribution in [0.15, 0.2) is 17.4 Å². The van der Waals surface area contributed by atoms with Gasteiger partial charge in [-0.15, -0.1) is 24.0 Å². The minimum Gasteiger partial charge on any atom is -0.379 e. The van der Waals surface area contributed by atoms with Gasteiger partial charge in [0.1, 0.15) is 0 Å². The molecule has 8 nitrogen and oxygen atoms in total. The molecule has 2 unspecified atom stereocenters. The standard InChI is InChI=1S/C20H37N7O.HI/c1-4-21-20(22-12-17(2)14-26-8-10-28-11-9-26)24-18-6-5-7-27(15-18)19-13-23-25(3)16-19;/h13,16-18H,4-12,14-15H2,1-3H3,(H2,21,22,24);1H. The number of nitrogens with zero attached hydrogens (tertiary/aromatic N) is 5. The Bertz CT molecular complexity index is 618. The van der Waals surface area contributed by atoms with Gasteiger partial charge in [-0.25, -0.2) is 0 Å². The molecule has 0 bridgehead atoms. The van der Waals surface area contributed by atoms with E-state index in [4.69, 9.17) is 9.73 Å². The van der Waals surface area contributed by atoms with Crippen LogP contribution in [-0.4, -0.2) is 85.7 Å². The summed E-state index contributed by atoms with van der Waals surface area (Å²) >= 11 is 0. The molecule has 0 amide bonds. The molecule has 2 atom stereocenters. The number of guanidine groups is 1. The van der Waals surface area contributed by atoms with Crippen molar-refractivity contribution in [3.05, 3.63) is 12.4 Å². The summed E-state index contributed by atoms with van der Waals surface area (Å²) in [6, 6.07) is 0.404. The number of piperidine rings is 1. The molecule has 2 fully saturated rings. The maximum atomic E-state index is 5.44. The lowest BCUT2D eigenvalue weighted by Crippen LogP contribution is -2.51. The number of halogens is 1. The number of aliphatic imine (C=N–C) groups is 1. The fraction of sp³-hybridized carbons (Fsp3) is 0.800. The maximum absolute atomic E-state index is 5.44. The highest BCUT2D eigenvalue weighted by Gasteiger charge is 2.22. The molecule has 29 heavy (non-hydrogen) atoms. The lowest BCUT2D eigenvalue weighted by atomic mass is 10.1. The molecule has 0 aromatic carbocycles. The topological polar surface area (TPSA) is 70.0 Å². The third-order valence-electron chi connectivity index (χ3n) is 5.40. The highest BCUT2D eigenvalue weighted by atomic mass is 127. The van der Waals surface area contributed by atoms with Crippen molar-refractivity contribution in [2.75, 3.05) is 63.9 Å². The van der Waals surface area contributed by atoms with Crippen LogP contribution >= 0.6 is 24.0 Å². The molecular weight excluding hydrogens is 481 g/mol. The Morgan fingerprint density at radius 1 is 1.34 bits per heavy atom. The molecule has 0 aliphatic carbocycles. The van der Waals surface area contributed by atoms with Gasteiger partial charge in [0.2, 0.25) is 0 Å². The molecule has 0 radical (unpaired) electrons. The zero-order valence-corrected chi connectivity index (χ0v) is 20.5. The van der Waals surface area contributed by atoms with E-state index in [1.807, 2.05) is 17.9 Å². The van der Waals surface area contributed by atoms with Crippen molar-refractivity contribution in [2.24, 2.45) is 18.0 Å². The maximum Gasteiger partial charge on any atom is 0.191 e. The van der Waals surface area contributed by atoms with Crippen LogP contribution in [0.1, 0.15) is 26.7 Å². The smallest absolute Gasteiger partial charge is 0.191 e. The van der Waals surface area contributed by atoms with Gasteiger partial charge in [0.05, 0.1) is 25.1 Å². The summed E-state index contributed by atoms with van der Waals surface area (Å²) in [5.74, 6) is 1.47. The molecule has 3 heterocycles. The van der Waals surface area contributed by atoms with Crippen molar-refractivity contribution in [1.29, 1.82) is 0 Å². The first-order chi connectivity index (χ1) is 13.6. The van der Waals surface area contributed by atoms with Crippen molar-refractivity contribution < 1.29 is 4.74 Å². The summed E-state index contributed by atoms with van der Waals surface area (Å²) in [5.41, 5.74) is 1.20. The second-order valence-electron chi connectivity index (χ2n) is 8.04. The second-order valence-corrected chi connectivity index (χ2v) is 8.04. The highest BCUT2D eigenvalue weighted by Crippen LogP contribution is 2.19. The minimum atomic E-state index is 0. The second kappa shape index (κ2) is 12.6. The number of anilines is 1. The van der Waals surface area contributed by atoms with E-state index in [0.717, 1.165) is 65.0 Å². The fourth-order valence-electron chi connectivity index (χ4n) is 3.94. The Hall–Kier alpha value is -1.07. The van der Waals surface area contributed by atoms with Crippen LogP contribution in [0.25, 0.3) is 0 Å². The van der Waals surface area contributed by atoms with E-state index in [9.17, 15) is 0 Å². The number of aromatic nitrogens is 2. The van der Waals surface area contributed by atoms with Crippen molar-refractivity contribution in [2.45, 2.75) is 32.7 Å². The Morgan fingerprint density at radius 3 is 2.83 bits per heavy atom. The van der Waals surface area contributed by atoms with Gasteiger partial charge in [0.15, 0.2) is 5.96 Å². The monoisotopic (exact) mass is 519 g/mol. The van der Waals surface area contributed by atoms with E-state index in [1.165, 1.54) is 18.5 Å². The minimum absolute atomic E-state index is 0. The number of ether oxygens (including phenoxy) is 1. The molecule has 1 aromatic heterocycles. The van der Waals surface area contributed by atoms with E-state index in [1.54, 1.807) is 0 Å². The first-order valence-electron chi connectivity index (χ1n) is 10.7. The number of morpholine rings is 1. The summed E-state index contributed by atoms with van der Waals surface area (Å²) < 4.78 is 7.31. The third kappa shape index (κ3) is 7.93.